The Hall–Kier alpha value is -3.86. The highest BCUT2D eigenvalue weighted by Crippen LogP contribution is 2.34. The number of rotatable bonds is 5. The van der Waals surface area contributed by atoms with Crippen LogP contribution in [0.1, 0.15) is 24.0 Å². The Balaban J connectivity index is 1.51. The lowest BCUT2D eigenvalue weighted by atomic mass is 10.0. The lowest BCUT2D eigenvalue weighted by Crippen LogP contribution is -2.32. The summed E-state index contributed by atoms with van der Waals surface area (Å²) in [4.78, 5) is 30.5. The summed E-state index contributed by atoms with van der Waals surface area (Å²) in [6.45, 7) is 4.10. The van der Waals surface area contributed by atoms with Gasteiger partial charge in [-0.2, -0.15) is 0 Å². The number of amides is 2. The molecular weight excluding hydrogens is 398 g/mol. The average molecular weight is 424 g/mol. The summed E-state index contributed by atoms with van der Waals surface area (Å²) in [5, 5.41) is 3.25. The molecule has 0 unspecified atom stereocenters. The van der Waals surface area contributed by atoms with Crippen molar-refractivity contribution in [2.75, 3.05) is 28.2 Å². The molecular formula is C27H25N3O2. The first-order valence-corrected chi connectivity index (χ1v) is 11.0. The fourth-order valence-electron chi connectivity index (χ4n) is 4.40. The van der Waals surface area contributed by atoms with E-state index in [0.717, 1.165) is 29.9 Å². The molecule has 1 saturated heterocycles. The maximum atomic E-state index is 13.5. The van der Waals surface area contributed by atoms with Gasteiger partial charge < -0.3 is 10.2 Å². The number of nitrogens with zero attached hydrogens (tertiary/aromatic N) is 2. The first kappa shape index (κ1) is 20.1. The molecule has 3 aromatic carbocycles. The fourth-order valence-corrected chi connectivity index (χ4v) is 4.40. The van der Waals surface area contributed by atoms with Crippen molar-refractivity contribution in [3.05, 3.63) is 95.7 Å². The number of anilines is 3. The number of aryl methyl sites for hydroxylation is 1. The van der Waals surface area contributed by atoms with Crippen LogP contribution in [0.5, 0.6) is 0 Å². The third-order valence-corrected chi connectivity index (χ3v) is 6.01. The smallest absolute Gasteiger partial charge is 0.282 e. The van der Waals surface area contributed by atoms with Crippen molar-refractivity contribution in [2.45, 2.75) is 19.8 Å². The second-order valence-corrected chi connectivity index (χ2v) is 8.27. The maximum Gasteiger partial charge on any atom is 0.282 e. The van der Waals surface area contributed by atoms with Gasteiger partial charge in [0.2, 0.25) is 0 Å². The van der Waals surface area contributed by atoms with E-state index in [1.165, 1.54) is 23.4 Å². The zero-order valence-electron chi connectivity index (χ0n) is 18.0. The molecule has 160 valence electrons. The van der Waals surface area contributed by atoms with Gasteiger partial charge in [0.05, 0.1) is 11.3 Å². The van der Waals surface area contributed by atoms with Gasteiger partial charge >= 0.3 is 0 Å². The van der Waals surface area contributed by atoms with Crippen LogP contribution >= 0.6 is 0 Å². The molecule has 2 aliphatic heterocycles. The van der Waals surface area contributed by atoms with Gasteiger partial charge in [-0.1, -0.05) is 42.5 Å². The van der Waals surface area contributed by atoms with E-state index in [9.17, 15) is 9.59 Å². The van der Waals surface area contributed by atoms with Crippen LogP contribution in [0.3, 0.4) is 0 Å². The summed E-state index contributed by atoms with van der Waals surface area (Å²) in [6, 6.07) is 24.9. The van der Waals surface area contributed by atoms with E-state index < -0.39 is 0 Å². The number of hydrogen-bond donors (Lipinski definition) is 1. The van der Waals surface area contributed by atoms with Crippen LogP contribution in [0.2, 0.25) is 0 Å². The molecule has 1 fully saturated rings. The average Bonchev–Trinajstić information content (AvgIpc) is 3.42. The molecule has 2 heterocycles. The van der Waals surface area contributed by atoms with Crippen LogP contribution in [0.25, 0.3) is 5.57 Å². The number of imide groups is 1. The first-order valence-electron chi connectivity index (χ1n) is 11.0. The highest BCUT2D eigenvalue weighted by molar-refractivity contribution is 6.46. The van der Waals surface area contributed by atoms with Gasteiger partial charge in [-0.25, -0.2) is 4.90 Å². The van der Waals surface area contributed by atoms with Gasteiger partial charge in [-0.3, -0.25) is 9.59 Å². The Morgan fingerprint density at radius 1 is 0.750 bits per heavy atom. The van der Waals surface area contributed by atoms with E-state index in [2.05, 4.69) is 22.3 Å². The highest BCUT2D eigenvalue weighted by atomic mass is 16.2. The molecule has 5 rings (SSSR count). The van der Waals surface area contributed by atoms with Gasteiger partial charge in [0, 0.05) is 24.5 Å². The normalized spacial score (nSPS) is 16.3. The summed E-state index contributed by atoms with van der Waals surface area (Å²) in [5.41, 5.74) is 4.94. The van der Waals surface area contributed by atoms with Gasteiger partial charge in [-0.15, -0.1) is 0 Å². The Morgan fingerprint density at radius 2 is 1.47 bits per heavy atom. The largest absolute Gasteiger partial charge is 0.372 e. The predicted octanol–water partition coefficient (Wildman–Crippen LogP) is 4.99. The molecule has 5 heteroatoms. The molecule has 0 radical (unpaired) electrons. The molecule has 2 amide bonds. The third kappa shape index (κ3) is 3.66. The topological polar surface area (TPSA) is 52.7 Å². The van der Waals surface area contributed by atoms with Crippen molar-refractivity contribution in [3.63, 3.8) is 0 Å². The molecule has 0 aliphatic carbocycles. The van der Waals surface area contributed by atoms with Crippen molar-refractivity contribution in [3.8, 4) is 0 Å². The van der Waals surface area contributed by atoms with Gasteiger partial charge in [0.15, 0.2) is 0 Å². The second-order valence-electron chi connectivity index (χ2n) is 8.27. The van der Waals surface area contributed by atoms with E-state index in [4.69, 9.17) is 0 Å². The quantitative estimate of drug-likeness (QED) is 0.588. The summed E-state index contributed by atoms with van der Waals surface area (Å²) in [5.74, 6) is -0.661. The summed E-state index contributed by atoms with van der Waals surface area (Å²) >= 11 is 0. The van der Waals surface area contributed by atoms with Crippen LogP contribution in [-0.2, 0) is 9.59 Å². The highest BCUT2D eigenvalue weighted by Gasteiger charge is 2.40. The van der Waals surface area contributed by atoms with Crippen molar-refractivity contribution in [2.24, 2.45) is 0 Å². The number of carbonyl (C=O) groups excluding carboxylic acids is 2. The molecule has 1 N–H and O–H groups in total. The number of carbonyl (C=O) groups is 2. The number of benzene rings is 3. The van der Waals surface area contributed by atoms with E-state index in [-0.39, 0.29) is 11.8 Å². The van der Waals surface area contributed by atoms with Crippen molar-refractivity contribution in [1.29, 1.82) is 0 Å². The molecule has 0 spiro atoms. The minimum atomic E-state index is -0.344. The van der Waals surface area contributed by atoms with Crippen LogP contribution in [0.4, 0.5) is 17.1 Å². The zero-order valence-corrected chi connectivity index (χ0v) is 18.0. The van der Waals surface area contributed by atoms with Crippen molar-refractivity contribution in [1.82, 2.24) is 0 Å². The fraction of sp³-hybridized carbons (Fsp3) is 0.185. The third-order valence-electron chi connectivity index (χ3n) is 6.01. The number of hydrogen-bond acceptors (Lipinski definition) is 4. The van der Waals surface area contributed by atoms with Crippen molar-refractivity contribution >= 4 is 34.4 Å². The number of nitrogens with one attached hydrogen (secondary N) is 1. The van der Waals surface area contributed by atoms with E-state index in [0.29, 0.717) is 17.0 Å². The Morgan fingerprint density at radius 3 is 2.16 bits per heavy atom. The molecule has 0 bridgehead atoms. The molecule has 32 heavy (non-hydrogen) atoms. The van der Waals surface area contributed by atoms with E-state index >= 15 is 0 Å². The summed E-state index contributed by atoms with van der Waals surface area (Å²) in [6.07, 6.45) is 2.44. The molecule has 0 saturated carbocycles. The molecule has 2 aliphatic rings. The lowest BCUT2D eigenvalue weighted by molar-refractivity contribution is -0.120. The van der Waals surface area contributed by atoms with Crippen LogP contribution < -0.4 is 15.1 Å². The first-order chi connectivity index (χ1) is 15.6. The van der Waals surface area contributed by atoms with Crippen molar-refractivity contribution < 1.29 is 9.59 Å². The van der Waals surface area contributed by atoms with E-state index in [1.54, 1.807) is 6.07 Å². The van der Waals surface area contributed by atoms with Crippen LogP contribution in [-0.4, -0.2) is 24.9 Å². The zero-order chi connectivity index (χ0) is 22.1. The Labute approximate surface area is 188 Å². The second kappa shape index (κ2) is 8.35. The van der Waals surface area contributed by atoms with Crippen LogP contribution in [0.15, 0.2) is 84.6 Å². The predicted molar refractivity (Wildman–Crippen MR) is 129 cm³/mol. The van der Waals surface area contributed by atoms with E-state index in [1.807, 2.05) is 67.6 Å². The standard InChI is InChI=1S/C27H25N3O2/c1-19-8-7-11-23(18-19)30-26(31)24(20-9-3-2-4-10-20)25(27(30)32)28-21-12-14-22(15-13-21)29-16-5-6-17-29/h2-4,7-15,18,28H,5-6,16-17H2,1H3. The van der Waals surface area contributed by atoms with Crippen LogP contribution in [0, 0.1) is 6.92 Å². The monoisotopic (exact) mass is 423 g/mol. The van der Waals surface area contributed by atoms with Gasteiger partial charge in [0.25, 0.3) is 11.8 Å². The maximum absolute atomic E-state index is 13.5. The minimum absolute atomic E-state index is 0.302. The van der Waals surface area contributed by atoms with Gasteiger partial charge in [-0.05, 0) is 67.3 Å². The molecule has 5 nitrogen and oxygen atoms in total. The molecule has 0 aromatic heterocycles. The molecule has 3 aromatic rings. The Bertz CT molecular complexity index is 1190. The Kier molecular flexibility index (Phi) is 5.23. The molecule has 0 atom stereocenters. The minimum Gasteiger partial charge on any atom is -0.372 e. The summed E-state index contributed by atoms with van der Waals surface area (Å²) in [7, 11) is 0. The van der Waals surface area contributed by atoms with Gasteiger partial charge in [0.1, 0.15) is 5.70 Å². The SMILES string of the molecule is Cc1cccc(N2C(=O)C(Nc3ccc(N4CCCC4)cc3)=C(c3ccccc3)C2=O)c1. The summed E-state index contributed by atoms with van der Waals surface area (Å²) < 4.78 is 0. The lowest BCUT2D eigenvalue weighted by Gasteiger charge is -2.18.